The Kier molecular flexibility index (Phi) is 1.95. The number of halogens is 1. The van der Waals surface area contributed by atoms with E-state index >= 15 is 0 Å². The maximum absolute atomic E-state index is 13.2. The second kappa shape index (κ2) is 3.35. The highest BCUT2D eigenvalue weighted by atomic mass is 19.1. The van der Waals surface area contributed by atoms with Crippen molar-refractivity contribution < 1.29 is 14.6 Å². The van der Waals surface area contributed by atoms with Crippen LogP contribution in [0.3, 0.4) is 0 Å². The normalized spacial score (nSPS) is 11.1. The second-order valence-electron chi connectivity index (χ2n) is 3.93. The highest BCUT2D eigenvalue weighted by Crippen LogP contribution is 2.41. The van der Waals surface area contributed by atoms with Gasteiger partial charge in [0.15, 0.2) is 0 Å². The van der Waals surface area contributed by atoms with E-state index in [-0.39, 0.29) is 11.5 Å². The zero-order chi connectivity index (χ0) is 12.0. The quantitative estimate of drug-likeness (QED) is 0.456. The van der Waals surface area contributed by atoms with Gasteiger partial charge in [-0.2, -0.15) is 0 Å². The van der Waals surface area contributed by atoms with Crippen molar-refractivity contribution in [2.24, 2.45) is 0 Å². The molecular formula is C14H9FO2. The predicted octanol–water partition coefficient (Wildman–Crippen LogP) is 3.54. The molecule has 3 heteroatoms. The van der Waals surface area contributed by atoms with Gasteiger partial charge in [0.2, 0.25) is 0 Å². The largest absolute Gasteiger partial charge is 0.507 e. The number of phenols is 2. The van der Waals surface area contributed by atoms with Crippen LogP contribution in [0.4, 0.5) is 4.39 Å². The van der Waals surface area contributed by atoms with Gasteiger partial charge in [0, 0.05) is 21.5 Å². The molecule has 0 unspecified atom stereocenters. The highest BCUT2D eigenvalue weighted by Gasteiger charge is 2.12. The smallest absolute Gasteiger partial charge is 0.131 e. The lowest BCUT2D eigenvalue weighted by Gasteiger charge is -2.09. The molecule has 0 bridgehead atoms. The van der Waals surface area contributed by atoms with Crippen molar-refractivity contribution in [1.82, 2.24) is 0 Å². The van der Waals surface area contributed by atoms with E-state index in [1.54, 1.807) is 24.3 Å². The zero-order valence-electron chi connectivity index (χ0n) is 8.81. The summed E-state index contributed by atoms with van der Waals surface area (Å²) in [5.41, 5.74) is 0. The van der Waals surface area contributed by atoms with E-state index in [9.17, 15) is 14.6 Å². The number of benzene rings is 3. The van der Waals surface area contributed by atoms with Gasteiger partial charge in [-0.15, -0.1) is 0 Å². The number of hydrogen-bond acceptors (Lipinski definition) is 2. The van der Waals surface area contributed by atoms with Gasteiger partial charge in [-0.05, 0) is 18.2 Å². The number of phenolic OH excluding ortho intramolecular Hbond substituents is 2. The third-order valence-corrected chi connectivity index (χ3v) is 2.93. The SMILES string of the molecule is Oc1c2ccccc2c(O)c2cc(F)ccc12. The molecule has 0 saturated heterocycles. The molecule has 0 spiro atoms. The van der Waals surface area contributed by atoms with Crippen molar-refractivity contribution in [3.63, 3.8) is 0 Å². The van der Waals surface area contributed by atoms with Crippen LogP contribution in [-0.4, -0.2) is 10.2 Å². The van der Waals surface area contributed by atoms with Crippen LogP contribution < -0.4 is 0 Å². The summed E-state index contributed by atoms with van der Waals surface area (Å²) >= 11 is 0. The predicted molar refractivity (Wildman–Crippen MR) is 64.7 cm³/mol. The Hall–Kier alpha value is -2.29. The molecule has 0 fully saturated rings. The first-order valence-electron chi connectivity index (χ1n) is 5.20. The third kappa shape index (κ3) is 1.32. The van der Waals surface area contributed by atoms with E-state index in [0.29, 0.717) is 21.5 Å². The Morgan fingerprint density at radius 2 is 1.24 bits per heavy atom. The van der Waals surface area contributed by atoms with Crippen molar-refractivity contribution >= 4 is 21.5 Å². The molecule has 17 heavy (non-hydrogen) atoms. The minimum absolute atomic E-state index is 0.00657. The molecule has 0 aromatic heterocycles. The summed E-state index contributed by atoms with van der Waals surface area (Å²) in [7, 11) is 0. The first-order valence-corrected chi connectivity index (χ1v) is 5.20. The van der Waals surface area contributed by atoms with Gasteiger partial charge in [-0.3, -0.25) is 0 Å². The number of aromatic hydroxyl groups is 2. The molecule has 0 heterocycles. The second-order valence-corrected chi connectivity index (χ2v) is 3.93. The molecule has 0 atom stereocenters. The molecule has 3 rings (SSSR count). The third-order valence-electron chi connectivity index (χ3n) is 2.93. The van der Waals surface area contributed by atoms with Gasteiger partial charge < -0.3 is 10.2 Å². The molecule has 3 aromatic rings. The lowest BCUT2D eigenvalue weighted by Crippen LogP contribution is -1.82. The number of hydrogen-bond donors (Lipinski definition) is 2. The fourth-order valence-corrected chi connectivity index (χ4v) is 2.11. The Balaban J connectivity index is 2.63. The average Bonchev–Trinajstić information content (AvgIpc) is 2.36. The molecule has 0 amide bonds. The molecule has 0 radical (unpaired) electrons. The van der Waals surface area contributed by atoms with Crippen LogP contribution in [0.15, 0.2) is 42.5 Å². The molecule has 3 aromatic carbocycles. The van der Waals surface area contributed by atoms with E-state index in [2.05, 4.69) is 0 Å². The van der Waals surface area contributed by atoms with Crippen molar-refractivity contribution in [1.29, 1.82) is 0 Å². The maximum Gasteiger partial charge on any atom is 0.131 e. The molecule has 84 valence electrons. The summed E-state index contributed by atoms with van der Waals surface area (Å²) in [6, 6.07) is 10.9. The minimum atomic E-state index is -0.442. The van der Waals surface area contributed by atoms with Crippen molar-refractivity contribution in [2.45, 2.75) is 0 Å². The van der Waals surface area contributed by atoms with Gasteiger partial charge in [0.05, 0.1) is 0 Å². The van der Waals surface area contributed by atoms with E-state index in [0.717, 1.165) is 0 Å². The van der Waals surface area contributed by atoms with Crippen molar-refractivity contribution in [2.75, 3.05) is 0 Å². The van der Waals surface area contributed by atoms with Crippen LogP contribution >= 0.6 is 0 Å². The van der Waals surface area contributed by atoms with Gasteiger partial charge in [0.1, 0.15) is 17.3 Å². The van der Waals surface area contributed by atoms with E-state index in [1.807, 2.05) is 0 Å². The first-order chi connectivity index (χ1) is 8.18. The fourth-order valence-electron chi connectivity index (χ4n) is 2.11. The van der Waals surface area contributed by atoms with Crippen LogP contribution in [0.1, 0.15) is 0 Å². The Morgan fingerprint density at radius 1 is 0.706 bits per heavy atom. The van der Waals surface area contributed by atoms with E-state index < -0.39 is 5.82 Å². The molecule has 0 saturated carbocycles. The number of fused-ring (bicyclic) bond motifs is 2. The summed E-state index contributed by atoms with van der Waals surface area (Å²) in [4.78, 5) is 0. The van der Waals surface area contributed by atoms with Gasteiger partial charge in [-0.25, -0.2) is 4.39 Å². The van der Waals surface area contributed by atoms with Crippen LogP contribution in [0, 0.1) is 5.82 Å². The van der Waals surface area contributed by atoms with Gasteiger partial charge >= 0.3 is 0 Å². The van der Waals surface area contributed by atoms with E-state index in [4.69, 9.17) is 0 Å². The average molecular weight is 228 g/mol. The van der Waals surface area contributed by atoms with E-state index in [1.165, 1.54) is 18.2 Å². The lowest BCUT2D eigenvalue weighted by molar-refractivity contribution is 0.478. The molecule has 0 aliphatic heterocycles. The molecule has 2 N–H and O–H groups in total. The van der Waals surface area contributed by atoms with Crippen molar-refractivity contribution in [3.8, 4) is 11.5 Å². The molecular weight excluding hydrogens is 219 g/mol. The number of rotatable bonds is 0. The Labute approximate surface area is 96.5 Å². The van der Waals surface area contributed by atoms with Crippen molar-refractivity contribution in [3.05, 3.63) is 48.3 Å². The topological polar surface area (TPSA) is 40.5 Å². The first kappa shape index (κ1) is 9.90. The highest BCUT2D eigenvalue weighted by molar-refractivity contribution is 6.10. The molecule has 0 aliphatic rings. The summed E-state index contributed by atoms with van der Waals surface area (Å²) in [6.07, 6.45) is 0. The fraction of sp³-hybridized carbons (Fsp3) is 0. The summed E-state index contributed by atoms with van der Waals surface area (Å²) in [6.45, 7) is 0. The zero-order valence-corrected chi connectivity index (χ0v) is 8.81. The standard InChI is InChI=1S/C14H9FO2/c15-8-5-6-11-12(7-8)14(17)10-4-2-1-3-9(10)13(11)16/h1-7,16-17H. The Bertz CT molecular complexity index is 735. The minimum Gasteiger partial charge on any atom is -0.507 e. The molecule has 0 aliphatic carbocycles. The van der Waals surface area contributed by atoms with Crippen LogP contribution in [0.5, 0.6) is 11.5 Å². The summed E-state index contributed by atoms with van der Waals surface area (Å²) < 4.78 is 13.2. The summed E-state index contributed by atoms with van der Waals surface area (Å²) in [5, 5.41) is 22.0. The van der Waals surface area contributed by atoms with Crippen LogP contribution in [0.2, 0.25) is 0 Å². The Morgan fingerprint density at radius 3 is 1.88 bits per heavy atom. The van der Waals surface area contributed by atoms with Crippen LogP contribution in [-0.2, 0) is 0 Å². The summed E-state index contributed by atoms with van der Waals surface area (Å²) in [5.74, 6) is -0.385. The van der Waals surface area contributed by atoms with Crippen LogP contribution in [0.25, 0.3) is 21.5 Å². The van der Waals surface area contributed by atoms with Gasteiger partial charge in [-0.1, -0.05) is 24.3 Å². The monoisotopic (exact) mass is 228 g/mol. The maximum atomic E-state index is 13.2. The lowest BCUT2D eigenvalue weighted by atomic mass is 10.0. The molecule has 2 nitrogen and oxygen atoms in total. The van der Waals surface area contributed by atoms with Gasteiger partial charge in [0.25, 0.3) is 0 Å².